The number of fused-ring (bicyclic) bond motifs is 1. The number of nitrogen functional groups attached to an aromatic ring is 1. The smallest absolute Gasteiger partial charge is 0.268 e. The second-order valence-electron chi connectivity index (χ2n) is 5.14. The molecule has 0 unspecified atom stereocenters. The maximum absolute atomic E-state index is 12.2. The molecule has 4 nitrogen and oxygen atoms in total. The van der Waals surface area contributed by atoms with Gasteiger partial charge >= 0.3 is 0 Å². The summed E-state index contributed by atoms with van der Waals surface area (Å²) in [4.78, 5) is 14.9. The van der Waals surface area contributed by atoms with E-state index in [4.69, 9.17) is 5.73 Å². The van der Waals surface area contributed by atoms with Crippen LogP contribution in [0.5, 0.6) is 0 Å². The molecule has 0 aromatic carbocycles. The topological polar surface area (TPSA) is 60.0 Å². The number of nitrogens with one attached hydrogen (secondary N) is 1. The van der Waals surface area contributed by atoms with Crippen molar-refractivity contribution in [3.05, 3.63) is 39.3 Å². The Labute approximate surface area is 122 Å². The maximum Gasteiger partial charge on any atom is 0.268 e. The minimum absolute atomic E-state index is 0.0582. The van der Waals surface area contributed by atoms with E-state index >= 15 is 0 Å². The summed E-state index contributed by atoms with van der Waals surface area (Å²) in [5, 5.41) is 2.99. The van der Waals surface area contributed by atoms with Crippen LogP contribution in [0.1, 0.15) is 39.2 Å². The Morgan fingerprint density at radius 2 is 2.30 bits per heavy atom. The molecule has 5 heteroatoms. The number of carbonyl (C=O) groups is 1. The van der Waals surface area contributed by atoms with E-state index in [0.29, 0.717) is 17.9 Å². The number of nitrogens with zero attached hydrogens (tertiary/aromatic N) is 1. The molecule has 2 aromatic heterocycles. The lowest BCUT2D eigenvalue weighted by Gasteiger charge is -2.06. The van der Waals surface area contributed by atoms with Crippen LogP contribution in [0.3, 0.4) is 0 Å². The third-order valence-electron chi connectivity index (χ3n) is 3.71. The molecule has 2 aromatic rings. The molecule has 0 saturated heterocycles. The highest BCUT2D eigenvalue weighted by Gasteiger charge is 2.16. The molecule has 106 valence electrons. The van der Waals surface area contributed by atoms with Crippen molar-refractivity contribution in [2.75, 3.05) is 5.73 Å². The van der Waals surface area contributed by atoms with Crippen molar-refractivity contribution in [3.63, 3.8) is 0 Å². The van der Waals surface area contributed by atoms with Crippen LogP contribution in [-0.2, 0) is 25.9 Å². The number of nitrogens with two attached hydrogens (primary N) is 1. The fraction of sp³-hybridized carbons (Fsp3) is 0.400. The first-order chi connectivity index (χ1) is 9.67. The average Bonchev–Trinajstić information content (AvgIpc) is 3.09. The van der Waals surface area contributed by atoms with Crippen LogP contribution in [0.4, 0.5) is 5.69 Å². The Balaban J connectivity index is 1.66. The number of aryl methyl sites for hydroxylation is 3. The number of hydrogen-bond donors (Lipinski definition) is 2. The molecule has 0 bridgehead atoms. The quantitative estimate of drug-likeness (QED) is 0.909. The van der Waals surface area contributed by atoms with Crippen molar-refractivity contribution < 1.29 is 4.79 Å². The summed E-state index contributed by atoms with van der Waals surface area (Å²) in [5.41, 5.74) is 8.49. The summed E-state index contributed by atoms with van der Waals surface area (Å²) >= 11 is 1.83. The normalized spacial score (nSPS) is 13.4. The van der Waals surface area contributed by atoms with E-state index in [9.17, 15) is 4.79 Å². The lowest BCUT2D eigenvalue weighted by molar-refractivity contribution is 0.0942. The van der Waals surface area contributed by atoms with Crippen LogP contribution in [-0.4, -0.2) is 10.5 Å². The fourth-order valence-corrected chi connectivity index (χ4v) is 3.92. The van der Waals surface area contributed by atoms with Gasteiger partial charge in [0.1, 0.15) is 5.69 Å². The van der Waals surface area contributed by atoms with Gasteiger partial charge in [-0.15, -0.1) is 11.3 Å². The molecule has 0 spiro atoms. The first kappa shape index (κ1) is 13.2. The molecule has 0 saturated carbocycles. The predicted octanol–water partition coefficient (Wildman–Crippen LogP) is 2.57. The monoisotopic (exact) mass is 289 g/mol. The fourth-order valence-electron chi connectivity index (χ4n) is 2.72. The Morgan fingerprint density at radius 3 is 3.05 bits per heavy atom. The molecule has 1 amide bonds. The van der Waals surface area contributed by atoms with Crippen molar-refractivity contribution in [2.24, 2.45) is 0 Å². The standard InChI is InChI=1S/C15H19N3OS/c1-2-18-9-11(16)7-13(18)15(19)17-8-12-6-10-4-3-5-14(10)20-12/h6-7,9H,2-5,8,16H2,1H3,(H,17,19). The van der Waals surface area contributed by atoms with E-state index in [1.807, 2.05) is 22.8 Å². The van der Waals surface area contributed by atoms with Gasteiger partial charge in [0.15, 0.2) is 0 Å². The molecule has 1 aliphatic rings. The summed E-state index contributed by atoms with van der Waals surface area (Å²) in [6.07, 6.45) is 5.46. The summed E-state index contributed by atoms with van der Waals surface area (Å²) in [5.74, 6) is -0.0582. The van der Waals surface area contributed by atoms with Gasteiger partial charge in [-0.1, -0.05) is 0 Å². The van der Waals surface area contributed by atoms with Gasteiger partial charge in [0, 0.05) is 22.5 Å². The van der Waals surface area contributed by atoms with Crippen LogP contribution in [0.15, 0.2) is 18.3 Å². The summed E-state index contributed by atoms with van der Waals surface area (Å²) in [7, 11) is 0. The van der Waals surface area contributed by atoms with Crippen molar-refractivity contribution in [2.45, 2.75) is 39.3 Å². The molecule has 0 aliphatic heterocycles. The summed E-state index contributed by atoms with van der Waals surface area (Å²) < 4.78 is 1.87. The van der Waals surface area contributed by atoms with E-state index in [1.54, 1.807) is 12.3 Å². The van der Waals surface area contributed by atoms with Crippen molar-refractivity contribution in [1.82, 2.24) is 9.88 Å². The van der Waals surface area contributed by atoms with Crippen LogP contribution >= 0.6 is 11.3 Å². The number of rotatable bonds is 4. The van der Waals surface area contributed by atoms with Gasteiger partial charge in [0.05, 0.1) is 12.2 Å². The van der Waals surface area contributed by atoms with E-state index in [1.165, 1.54) is 34.6 Å². The van der Waals surface area contributed by atoms with Crippen molar-refractivity contribution >= 4 is 22.9 Å². The second kappa shape index (κ2) is 5.32. The highest BCUT2D eigenvalue weighted by atomic mass is 32.1. The predicted molar refractivity (Wildman–Crippen MR) is 82.0 cm³/mol. The van der Waals surface area contributed by atoms with Crippen LogP contribution in [0.2, 0.25) is 0 Å². The highest BCUT2D eigenvalue weighted by Crippen LogP contribution is 2.30. The van der Waals surface area contributed by atoms with Gasteiger partial charge in [-0.2, -0.15) is 0 Å². The van der Waals surface area contributed by atoms with Gasteiger partial charge in [0.2, 0.25) is 0 Å². The van der Waals surface area contributed by atoms with Gasteiger partial charge in [-0.25, -0.2) is 0 Å². The van der Waals surface area contributed by atoms with E-state index < -0.39 is 0 Å². The second-order valence-corrected chi connectivity index (χ2v) is 6.36. The number of carbonyl (C=O) groups excluding carboxylic acids is 1. The Morgan fingerprint density at radius 1 is 1.45 bits per heavy atom. The number of thiophene rings is 1. The molecule has 3 rings (SSSR count). The summed E-state index contributed by atoms with van der Waals surface area (Å²) in [6.45, 7) is 3.35. The molecule has 1 aliphatic carbocycles. The lowest BCUT2D eigenvalue weighted by atomic mass is 10.2. The zero-order valence-electron chi connectivity index (χ0n) is 11.6. The molecule has 2 heterocycles. The number of hydrogen-bond acceptors (Lipinski definition) is 3. The number of amides is 1. The number of anilines is 1. The van der Waals surface area contributed by atoms with E-state index in [-0.39, 0.29) is 5.91 Å². The van der Waals surface area contributed by atoms with Gasteiger partial charge in [0.25, 0.3) is 5.91 Å². The third kappa shape index (κ3) is 2.45. The van der Waals surface area contributed by atoms with Gasteiger partial charge in [-0.05, 0) is 43.9 Å². The SMILES string of the molecule is CCn1cc(N)cc1C(=O)NCc1cc2c(s1)CCC2. The molecule has 0 fully saturated rings. The largest absolute Gasteiger partial charge is 0.397 e. The first-order valence-corrected chi connectivity index (χ1v) is 7.83. The molecule has 0 radical (unpaired) electrons. The molecule has 20 heavy (non-hydrogen) atoms. The minimum atomic E-state index is -0.0582. The van der Waals surface area contributed by atoms with Crippen LogP contribution < -0.4 is 11.1 Å². The van der Waals surface area contributed by atoms with Crippen LogP contribution in [0.25, 0.3) is 0 Å². The Hall–Kier alpha value is -1.75. The number of aromatic nitrogens is 1. The third-order valence-corrected chi connectivity index (χ3v) is 4.95. The molecule has 0 atom stereocenters. The van der Waals surface area contributed by atoms with Gasteiger partial charge < -0.3 is 15.6 Å². The van der Waals surface area contributed by atoms with Crippen LogP contribution in [0, 0.1) is 0 Å². The van der Waals surface area contributed by atoms with E-state index in [0.717, 1.165) is 6.54 Å². The van der Waals surface area contributed by atoms with Crippen molar-refractivity contribution in [3.8, 4) is 0 Å². The Bertz CT molecular complexity index is 620. The lowest BCUT2D eigenvalue weighted by Crippen LogP contribution is -2.24. The highest BCUT2D eigenvalue weighted by molar-refractivity contribution is 7.12. The van der Waals surface area contributed by atoms with Gasteiger partial charge in [-0.3, -0.25) is 4.79 Å². The molecular weight excluding hydrogens is 270 g/mol. The Kier molecular flexibility index (Phi) is 3.53. The molecule has 3 N–H and O–H groups in total. The van der Waals surface area contributed by atoms with E-state index in [2.05, 4.69) is 11.4 Å². The van der Waals surface area contributed by atoms with Crippen molar-refractivity contribution in [1.29, 1.82) is 0 Å². The average molecular weight is 289 g/mol. The molecular formula is C15H19N3OS. The maximum atomic E-state index is 12.2. The summed E-state index contributed by atoms with van der Waals surface area (Å²) in [6, 6.07) is 3.97. The first-order valence-electron chi connectivity index (χ1n) is 7.01. The minimum Gasteiger partial charge on any atom is -0.397 e. The zero-order valence-corrected chi connectivity index (χ0v) is 12.4. The zero-order chi connectivity index (χ0) is 14.1.